The first-order valence-electron chi connectivity index (χ1n) is 5.29. The van der Waals surface area contributed by atoms with Gasteiger partial charge < -0.3 is 10.4 Å². The Balaban J connectivity index is 2.23. The van der Waals surface area contributed by atoms with Gasteiger partial charge >= 0.3 is 0 Å². The Morgan fingerprint density at radius 1 is 1.44 bits per heavy atom. The van der Waals surface area contributed by atoms with Crippen LogP contribution in [-0.4, -0.2) is 39.0 Å². The van der Waals surface area contributed by atoms with Crippen LogP contribution in [0.1, 0.15) is 20.8 Å². The Hall–Kier alpha value is -0.650. The maximum atomic E-state index is 9.74. The van der Waals surface area contributed by atoms with Gasteiger partial charge in [-0.05, 0) is 20.8 Å². The number of thioether (sulfide) groups is 1. The van der Waals surface area contributed by atoms with Crippen LogP contribution in [0.4, 0.5) is 0 Å². The number of aliphatic hydroxyl groups is 1. The van der Waals surface area contributed by atoms with E-state index in [2.05, 4.69) is 36.1 Å². The monoisotopic (exact) mass is 241 g/mol. The maximum absolute atomic E-state index is 9.74. The van der Waals surface area contributed by atoms with Gasteiger partial charge in [-0.1, -0.05) is 0 Å². The summed E-state index contributed by atoms with van der Waals surface area (Å²) >= 11 is 1.52. The van der Waals surface area contributed by atoms with Gasteiger partial charge in [0.2, 0.25) is 0 Å². The SMILES string of the molecule is CC(C)(C)NCC(O)CSc1cnccn1. The summed E-state index contributed by atoms with van der Waals surface area (Å²) in [6, 6.07) is 0. The van der Waals surface area contributed by atoms with Gasteiger partial charge in [-0.3, -0.25) is 4.98 Å². The summed E-state index contributed by atoms with van der Waals surface area (Å²) < 4.78 is 0. The molecule has 1 unspecified atom stereocenters. The molecule has 0 saturated heterocycles. The van der Waals surface area contributed by atoms with E-state index in [9.17, 15) is 5.11 Å². The van der Waals surface area contributed by atoms with Crippen molar-refractivity contribution in [2.24, 2.45) is 0 Å². The van der Waals surface area contributed by atoms with Gasteiger partial charge in [-0.15, -0.1) is 11.8 Å². The molecule has 0 aliphatic carbocycles. The normalized spacial score (nSPS) is 13.8. The van der Waals surface area contributed by atoms with Crippen molar-refractivity contribution in [1.29, 1.82) is 0 Å². The molecule has 1 rings (SSSR count). The number of hydrogen-bond donors (Lipinski definition) is 2. The van der Waals surface area contributed by atoms with Crippen molar-refractivity contribution in [3.63, 3.8) is 0 Å². The minimum atomic E-state index is -0.369. The fourth-order valence-corrected chi connectivity index (χ4v) is 1.78. The molecule has 1 atom stereocenters. The highest BCUT2D eigenvalue weighted by atomic mass is 32.2. The molecule has 0 spiro atoms. The lowest BCUT2D eigenvalue weighted by atomic mass is 10.1. The molecule has 0 aliphatic rings. The third-order valence-corrected chi connectivity index (χ3v) is 2.89. The molecule has 0 fully saturated rings. The molecule has 1 aromatic heterocycles. The summed E-state index contributed by atoms with van der Waals surface area (Å²) in [4.78, 5) is 8.10. The zero-order chi connectivity index (χ0) is 12.0. The zero-order valence-electron chi connectivity index (χ0n) is 9.97. The molecule has 0 radical (unpaired) electrons. The minimum Gasteiger partial charge on any atom is -0.391 e. The quantitative estimate of drug-likeness (QED) is 0.761. The van der Waals surface area contributed by atoms with Crippen LogP contribution < -0.4 is 5.32 Å². The molecule has 0 saturated carbocycles. The van der Waals surface area contributed by atoms with Crippen LogP contribution in [0.2, 0.25) is 0 Å². The van der Waals surface area contributed by atoms with Gasteiger partial charge in [0.25, 0.3) is 0 Å². The van der Waals surface area contributed by atoms with E-state index in [1.165, 1.54) is 11.8 Å². The first kappa shape index (κ1) is 13.4. The minimum absolute atomic E-state index is 0.0399. The fraction of sp³-hybridized carbons (Fsp3) is 0.636. The number of nitrogens with one attached hydrogen (secondary N) is 1. The molecule has 16 heavy (non-hydrogen) atoms. The van der Waals surface area contributed by atoms with Crippen molar-refractivity contribution in [3.8, 4) is 0 Å². The molecule has 0 aromatic carbocycles. The molecule has 4 nitrogen and oxygen atoms in total. The van der Waals surface area contributed by atoms with Gasteiger partial charge in [-0.25, -0.2) is 4.98 Å². The summed E-state index contributed by atoms with van der Waals surface area (Å²) in [6.45, 7) is 6.83. The number of aromatic nitrogens is 2. The number of nitrogens with zero attached hydrogens (tertiary/aromatic N) is 2. The number of hydrogen-bond acceptors (Lipinski definition) is 5. The maximum Gasteiger partial charge on any atom is 0.114 e. The smallest absolute Gasteiger partial charge is 0.114 e. The molecule has 0 amide bonds. The fourth-order valence-electron chi connectivity index (χ4n) is 1.02. The van der Waals surface area contributed by atoms with E-state index in [0.717, 1.165) is 5.03 Å². The first-order chi connectivity index (χ1) is 7.47. The largest absolute Gasteiger partial charge is 0.391 e. The number of rotatable bonds is 5. The molecule has 2 N–H and O–H groups in total. The standard InChI is InChI=1S/C11H19N3OS/c1-11(2,3)14-6-9(15)8-16-10-7-12-4-5-13-10/h4-5,7,9,14-15H,6,8H2,1-3H3. The Morgan fingerprint density at radius 2 is 2.19 bits per heavy atom. The van der Waals surface area contributed by atoms with E-state index in [0.29, 0.717) is 12.3 Å². The second-order valence-electron chi connectivity index (χ2n) is 4.64. The van der Waals surface area contributed by atoms with Crippen LogP contribution in [0.25, 0.3) is 0 Å². The van der Waals surface area contributed by atoms with E-state index in [-0.39, 0.29) is 11.6 Å². The third-order valence-electron chi connectivity index (χ3n) is 1.83. The van der Waals surface area contributed by atoms with Gasteiger partial charge in [0, 0.05) is 30.2 Å². The van der Waals surface area contributed by atoms with Crippen molar-refractivity contribution < 1.29 is 5.11 Å². The van der Waals surface area contributed by atoms with Crippen LogP contribution in [0.5, 0.6) is 0 Å². The van der Waals surface area contributed by atoms with E-state index in [1.807, 2.05) is 0 Å². The van der Waals surface area contributed by atoms with Crippen molar-refractivity contribution in [2.45, 2.75) is 37.4 Å². The average molecular weight is 241 g/mol. The summed E-state index contributed by atoms with van der Waals surface area (Å²) in [6.07, 6.45) is 4.63. The summed E-state index contributed by atoms with van der Waals surface area (Å²) in [5, 5.41) is 13.8. The molecular weight excluding hydrogens is 222 g/mol. The van der Waals surface area contributed by atoms with Crippen molar-refractivity contribution >= 4 is 11.8 Å². The lowest BCUT2D eigenvalue weighted by Gasteiger charge is -2.22. The Labute approximate surface area is 101 Å². The third kappa shape index (κ3) is 6.05. The summed E-state index contributed by atoms with van der Waals surface area (Å²) in [5.74, 6) is 0.627. The van der Waals surface area contributed by atoms with Crippen molar-refractivity contribution in [2.75, 3.05) is 12.3 Å². The van der Waals surface area contributed by atoms with Crippen LogP contribution in [-0.2, 0) is 0 Å². The second kappa shape index (κ2) is 6.18. The van der Waals surface area contributed by atoms with Crippen LogP contribution in [0.3, 0.4) is 0 Å². The number of β-amino-alcohol motifs (C(OH)–C–C–N with tert-alkyl or cyclic N) is 1. The highest BCUT2D eigenvalue weighted by molar-refractivity contribution is 7.99. The highest BCUT2D eigenvalue weighted by Crippen LogP contribution is 2.14. The van der Waals surface area contributed by atoms with Gasteiger partial charge in [-0.2, -0.15) is 0 Å². The first-order valence-corrected chi connectivity index (χ1v) is 6.28. The average Bonchev–Trinajstić information content (AvgIpc) is 2.24. The van der Waals surface area contributed by atoms with Gasteiger partial charge in [0.05, 0.1) is 12.3 Å². The lowest BCUT2D eigenvalue weighted by molar-refractivity contribution is 0.183. The topological polar surface area (TPSA) is 58.0 Å². The second-order valence-corrected chi connectivity index (χ2v) is 5.68. The summed E-state index contributed by atoms with van der Waals surface area (Å²) in [7, 11) is 0. The summed E-state index contributed by atoms with van der Waals surface area (Å²) in [5.41, 5.74) is 0.0399. The Bertz CT molecular complexity index is 300. The van der Waals surface area contributed by atoms with Crippen molar-refractivity contribution in [1.82, 2.24) is 15.3 Å². The molecule has 0 aliphatic heterocycles. The van der Waals surface area contributed by atoms with Crippen LogP contribution in [0, 0.1) is 0 Å². The molecular formula is C11H19N3OS. The Morgan fingerprint density at radius 3 is 2.75 bits per heavy atom. The van der Waals surface area contributed by atoms with E-state index in [4.69, 9.17) is 0 Å². The van der Waals surface area contributed by atoms with Crippen LogP contribution >= 0.6 is 11.8 Å². The van der Waals surface area contributed by atoms with Gasteiger partial charge in [0.1, 0.15) is 5.03 Å². The molecule has 5 heteroatoms. The molecule has 1 heterocycles. The highest BCUT2D eigenvalue weighted by Gasteiger charge is 2.12. The lowest BCUT2D eigenvalue weighted by Crippen LogP contribution is -2.41. The number of aliphatic hydroxyl groups excluding tert-OH is 1. The van der Waals surface area contributed by atoms with E-state index < -0.39 is 0 Å². The van der Waals surface area contributed by atoms with Crippen molar-refractivity contribution in [3.05, 3.63) is 18.6 Å². The Kier molecular flexibility index (Phi) is 5.18. The molecule has 0 bridgehead atoms. The zero-order valence-corrected chi connectivity index (χ0v) is 10.8. The molecule has 1 aromatic rings. The van der Waals surface area contributed by atoms with Crippen LogP contribution in [0.15, 0.2) is 23.6 Å². The predicted octanol–water partition coefficient (Wildman–Crippen LogP) is 1.32. The van der Waals surface area contributed by atoms with E-state index in [1.54, 1.807) is 18.6 Å². The molecule has 90 valence electrons. The van der Waals surface area contributed by atoms with E-state index >= 15 is 0 Å². The predicted molar refractivity (Wildman–Crippen MR) is 66.5 cm³/mol. The van der Waals surface area contributed by atoms with Gasteiger partial charge in [0.15, 0.2) is 0 Å².